The molecule has 0 N–H and O–H groups in total. The molecule has 5 heteroatoms. The SMILES string of the molecule is COCC(C)(COC)C(=O)[O-].[Na+]. The normalized spacial score (nSPS) is 10.6. The van der Waals surface area contributed by atoms with E-state index in [2.05, 4.69) is 0 Å². The number of carboxylic acid groups (broad SMARTS) is 1. The monoisotopic (exact) mass is 184 g/mol. The standard InChI is InChI=1S/C7H14O4.Na/c1-7(4-10-2,5-11-3)6(8)9;/h4-5H2,1-3H3,(H,8,9);/q;+1/p-1. The van der Waals surface area contributed by atoms with E-state index < -0.39 is 11.4 Å². The van der Waals surface area contributed by atoms with Gasteiger partial charge in [-0.3, -0.25) is 0 Å². The van der Waals surface area contributed by atoms with Crippen molar-refractivity contribution in [2.24, 2.45) is 5.41 Å². The maximum atomic E-state index is 10.5. The second-order valence-corrected chi connectivity index (χ2v) is 2.71. The van der Waals surface area contributed by atoms with Crippen LogP contribution in [0.4, 0.5) is 0 Å². The summed E-state index contributed by atoms with van der Waals surface area (Å²) >= 11 is 0. The van der Waals surface area contributed by atoms with Crippen molar-refractivity contribution in [3.05, 3.63) is 0 Å². The van der Waals surface area contributed by atoms with Gasteiger partial charge < -0.3 is 19.4 Å². The maximum Gasteiger partial charge on any atom is 1.00 e. The van der Waals surface area contributed by atoms with Crippen LogP contribution in [0.5, 0.6) is 0 Å². The first-order valence-corrected chi connectivity index (χ1v) is 3.26. The van der Waals surface area contributed by atoms with Crippen LogP contribution in [0.2, 0.25) is 0 Å². The minimum absolute atomic E-state index is 0. The van der Waals surface area contributed by atoms with Crippen LogP contribution in [0.3, 0.4) is 0 Å². The van der Waals surface area contributed by atoms with Crippen LogP contribution in [-0.2, 0) is 14.3 Å². The molecule has 0 fully saturated rings. The molecule has 0 amide bonds. The summed E-state index contributed by atoms with van der Waals surface area (Å²) in [6.45, 7) is 1.72. The number of carbonyl (C=O) groups excluding carboxylic acids is 1. The molecule has 4 nitrogen and oxygen atoms in total. The molecule has 0 saturated heterocycles. The number of hydrogen-bond donors (Lipinski definition) is 0. The molecular weight excluding hydrogens is 171 g/mol. The zero-order chi connectivity index (χ0) is 8.91. The zero-order valence-electron chi connectivity index (χ0n) is 8.05. The second-order valence-electron chi connectivity index (χ2n) is 2.71. The average Bonchev–Trinajstić information content (AvgIpc) is 1.88. The number of aliphatic carboxylic acids is 1. The van der Waals surface area contributed by atoms with E-state index in [1.807, 2.05) is 0 Å². The van der Waals surface area contributed by atoms with E-state index >= 15 is 0 Å². The van der Waals surface area contributed by atoms with Crippen molar-refractivity contribution in [2.75, 3.05) is 27.4 Å². The molecule has 0 saturated carbocycles. The molecule has 0 radical (unpaired) electrons. The quantitative estimate of drug-likeness (QED) is 0.409. The number of methoxy groups -OCH3 is 2. The zero-order valence-corrected chi connectivity index (χ0v) is 10.0. The van der Waals surface area contributed by atoms with Crippen LogP contribution < -0.4 is 34.7 Å². The summed E-state index contributed by atoms with van der Waals surface area (Å²) in [6, 6.07) is 0. The molecule has 0 aromatic rings. The molecule has 0 aliphatic carbocycles. The minimum atomic E-state index is -1.15. The van der Waals surface area contributed by atoms with Gasteiger partial charge in [-0.1, -0.05) is 0 Å². The average molecular weight is 184 g/mol. The van der Waals surface area contributed by atoms with Crippen molar-refractivity contribution in [2.45, 2.75) is 6.92 Å². The summed E-state index contributed by atoms with van der Waals surface area (Å²) in [5.74, 6) is -1.15. The fourth-order valence-corrected chi connectivity index (χ4v) is 0.797. The van der Waals surface area contributed by atoms with Crippen molar-refractivity contribution in [3.63, 3.8) is 0 Å². The summed E-state index contributed by atoms with van der Waals surface area (Å²) in [4.78, 5) is 10.5. The van der Waals surface area contributed by atoms with E-state index in [9.17, 15) is 9.90 Å². The Morgan fingerprint density at radius 2 is 1.67 bits per heavy atom. The summed E-state index contributed by atoms with van der Waals surface area (Å²) in [5.41, 5.74) is -1.04. The molecular formula is C7H13NaO4. The van der Waals surface area contributed by atoms with E-state index in [0.29, 0.717) is 0 Å². The van der Waals surface area contributed by atoms with Gasteiger partial charge in [0.2, 0.25) is 0 Å². The molecule has 0 unspecified atom stereocenters. The molecule has 0 atom stereocenters. The predicted octanol–water partition coefficient (Wildman–Crippen LogP) is -3.96. The molecule has 0 rings (SSSR count). The molecule has 0 heterocycles. The maximum absolute atomic E-state index is 10.5. The molecule has 12 heavy (non-hydrogen) atoms. The van der Waals surface area contributed by atoms with Gasteiger partial charge in [0, 0.05) is 14.2 Å². The van der Waals surface area contributed by atoms with Crippen LogP contribution in [0.25, 0.3) is 0 Å². The number of rotatable bonds is 5. The molecule has 0 bridgehead atoms. The molecule has 0 aromatic heterocycles. The van der Waals surface area contributed by atoms with Crippen molar-refractivity contribution in [1.82, 2.24) is 0 Å². The van der Waals surface area contributed by atoms with Gasteiger partial charge >= 0.3 is 29.6 Å². The Bertz CT molecular complexity index is 131. The van der Waals surface area contributed by atoms with E-state index in [1.165, 1.54) is 21.1 Å². The summed E-state index contributed by atoms with van der Waals surface area (Å²) < 4.78 is 9.44. The van der Waals surface area contributed by atoms with E-state index in [1.54, 1.807) is 0 Å². The molecule has 0 aromatic carbocycles. The van der Waals surface area contributed by atoms with Crippen LogP contribution in [-0.4, -0.2) is 33.4 Å². The molecule has 0 spiro atoms. The van der Waals surface area contributed by atoms with Gasteiger partial charge in [0.1, 0.15) is 0 Å². The molecule has 0 aliphatic rings. The van der Waals surface area contributed by atoms with E-state index in [0.717, 1.165) is 0 Å². The Kier molecular flexibility index (Phi) is 8.51. The largest absolute Gasteiger partial charge is 1.00 e. The number of ether oxygens (including phenoxy) is 2. The number of hydrogen-bond acceptors (Lipinski definition) is 4. The minimum Gasteiger partial charge on any atom is -0.549 e. The first-order valence-electron chi connectivity index (χ1n) is 3.26. The molecule has 66 valence electrons. The predicted molar refractivity (Wildman–Crippen MR) is 36.9 cm³/mol. The van der Waals surface area contributed by atoms with Gasteiger partial charge in [-0.05, 0) is 6.92 Å². The van der Waals surface area contributed by atoms with E-state index in [-0.39, 0.29) is 42.8 Å². The third-order valence-corrected chi connectivity index (χ3v) is 1.42. The topological polar surface area (TPSA) is 58.6 Å². The van der Waals surface area contributed by atoms with Crippen molar-refractivity contribution in [3.8, 4) is 0 Å². The fraction of sp³-hybridized carbons (Fsp3) is 0.857. The van der Waals surface area contributed by atoms with Gasteiger partial charge in [0.15, 0.2) is 0 Å². The Labute approximate surface area is 94.5 Å². The van der Waals surface area contributed by atoms with Gasteiger partial charge in [0.05, 0.1) is 24.6 Å². The number of carboxylic acids is 1. The number of carbonyl (C=O) groups is 1. The second kappa shape index (κ2) is 6.86. The van der Waals surface area contributed by atoms with Crippen LogP contribution in [0.15, 0.2) is 0 Å². The first-order chi connectivity index (χ1) is 5.06. The van der Waals surface area contributed by atoms with Gasteiger partial charge in [0.25, 0.3) is 0 Å². The summed E-state index contributed by atoms with van der Waals surface area (Å²) in [5, 5.41) is 10.5. The van der Waals surface area contributed by atoms with Gasteiger partial charge in [-0.2, -0.15) is 0 Å². The third kappa shape index (κ3) is 4.42. The first kappa shape index (κ1) is 14.9. The Morgan fingerprint density at radius 3 is 1.83 bits per heavy atom. The van der Waals surface area contributed by atoms with Crippen molar-refractivity contribution < 1.29 is 48.9 Å². The van der Waals surface area contributed by atoms with Crippen molar-refractivity contribution in [1.29, 1.82) is 0 Å². The van der Waals surface area contributed by atoms with Gasteiger partial charge in [-0.25, -0.2) is 0 Å². The van der Waals surface area contributed by atoms with Crippen LogP contribution in [0.1, 0.15) is 6.92 Å². The Balaban J connectivity index is 0. The summed E-state index contributed by atoms with van der Waals surface area (Å²) in [6.07, 6.45) is 0. The van der Waals surface area contributed by atoms with Crippen molar-refractivity contribution >= 4 is 5.97 Å². The third-order valence-electron chi connectivity index (χ3n) is 1.42. The van der Waals surface area contributed by atoms with E-state index in [4.69, 9.17) is 9.47 Å². The Morgan fingerprint density at radius 1 is 1.33 bits per heavy atom. The molecule has 0 aliphatic heterocycles. The smallest absolute Gasteiger partial charge is 0.549 e. The fourth-order valence-electron chi connectivity index (χ4n) is 0.797. The van der Waals surface area contributed by atoms with Crippen LogP contribution >= 0.6 is 0 Å². The van der Waals surface area contributed by atoms with Crippen LogP contribution in [0, 0.1) is 5.41 Å². The van der Waals surface area contributed by atoms with Gasteiger partial charge in [-0.15, -0.1) is 0 Å². The summed E-state index contributed by atoms with van der Waals surface area (Å²) in [7, 11) is 2.88. The Hall–Kier alpha value is 0.390.